The lowest BCUT2D eigenvalue weighted by molar-refractivity contribution is -0.170. The zero-order valence-electron chi connectivity index (χ0n) is 12.5. The number of nitrogens with one attached hydrogen (secondary N) is 1. The van der Waals surface area contributed by atoms with Gasteiger partial charge in [-0.15, -0.1) is 0 Å². The van der Waals surface area contributed by atoms with Crippen LogP contribution in [0.15, 0.2) is 47.3 Å². The number of esters is 1. The molecule has 5 nitrogen and oxygen atoms in total. The molecule has 0 bridgehead atoms. The van der Waals surface area contributed by atoms with Crippen LogP contribution in [0, 0.1) is 5.92 Å². The van der Waals surface area contributed by atoms with Crippen molar-refractivity contribution >= 4 is 11.9 Å². The molecule has 5 heteroatoms. The van der Waals surface area contributed by atoms with Gasteiger partial charge in [-0.2, -0.15) is 0 Å². The highest BCUT2D eigenvalue weighted by Crippen LogP contribution is 2.41. The largest absolute Gasteiger partial charge is 0.472 e. The van der Waals surface area contributed by atoms with Gasteiger partial charge in [0.05, 0.1) is 18.4 Å². The SMILES string of the molecule is CC(=O)O[C@](C)(c1ccccc1-c1ccoc1)[C@@H]1CNC1=O. The molecule has 0 saturated carbocycles. The number of ether oxygens (including phenoxy) is 1. The maximum Gasteiger partial charge on any atom is 0.303 e. The summed E-state index contributed by atoms with van der Waals surface area (Å²) in [5, 5.41) is 2.71. The molecule has 1 aromatic heterocycles. The van der Waals surface area contributed by atoms with Gasteiger partial charge in [0.15, 0.2) is 0 Å². The molecule has 1 amide bonds. The summed E-state index contributed by atoms with van der Waals surface area (Å²) in [5.41, 5.74) is 1.56. The van der Waals surface area contributed by atoms with Crippen LogP contribution < -0.4 is 5.32 Å². The maximum atomic E-state index is 11.9. The molecule has 0 unspecified atom stereocenters. The molecule has 2 atom stereocenters. The van der Waals surface area contributed by atoms with Gasteiger partial charge >= 0.3 is 5.97 Å². The second-order valence-corrected chi connectivity index (χ2v) is 5.56. The van der Waals surface area contributed by atoms with Crippen LogP contribution in [0.4, 0.5) is 0 Å². The topological polar surface area (TPSA) is 68.5 Å². The Morgan fingerprint density at radius 1 is 1.36 bits per heavy atom. The van der Waals surface area contributed by atoms with E-state index < -0.39 is 17.5 Å². The van der Waals surface area contributed by atoms with Crippen LogP contribution >= 0.6 is 0 Å². The van der Waals surface area contributed by atoms with Crippen molar-refractivity contribution in [3.63, 3.8) is 0 Å². The van der Waals surface area contributed by atoms with Crippen molar-refractivity contribution in [1.82, 2.24) is 5.32 Å². The average molecular weight is 299 g/mol. The smallest absolute Gasteiger partial charge is 0.303 e. The van der Waals surface area contributed by atoms with Crippen LogP contribution in [-0.4, -0.2) is 18.4 Å². The summed E-state index contributed by atoms with van der Waals surface area (Å²) in [4.78, 5) is 23.5. The molecule has 2 heterocycles. The molecule has 1 saturated heterocycles. The number of carbonyl (C=O) groups is 2. The monoisotopic (exact) mass is 299 g/mol. The van der Waals surface area contributed by atoms with Gasteiger partial charge in [0.25, 0.3) is 0 Å². The molecule has 22 heavy (non-hydrogen) atoms. The molecule has 3 rings (SSSR count). The molecule has 0 aliphatic carbocycles. The van der Waals surface area contributed by atoms with E-state index >= 15 is 0 Å². The minimum atomic E-state index is -1.01. The third kappa shape index (κ3) is 2.28. The first-order chi connectivity index (χ1) is 10.5. The second kappa shape index (κ2) is 5.33. The van der Waals surface area contributed by atoms with Crippen molar-refractivity contribution in [2.24, 2.45) is 5.92 Å². The summed E-state index contributed by atoms with van der Waals surface area (Å²) < 4.78 is 10.8. The van der Waals surface area contributed by atoms with E-state index in [4.69, 9.17) is 9.15 Å². The Morgan fingerprint density at radius 3 is 2.68 bits per heavy atom. The quantitative estimate of drug-likeness (QED) is 0.695. The van der Waals surface area contributed by atoms with Gasteiger partial charge in [0, 0.05) is 24.6 Å². The van der Waals surface area contributed by atoms with E-state index in [1.165, 1.54) is 6.92 Å². The first kappa shape index (κ1) is 14.4. The number of rotatable bonds is 4. The Kier molecular flexibility index (Phi) is 3.48. The van der Waals surface area contributed by atoms with Crippen molar-refractivity contribution in [2.45, 2.75) is 19.4 Å². The molecule has 1 aromatic carbocycles. The summed E-state index contributed by atoms with van der Waals surface area (Å²) in [6.07, 6.45) is 3.22. The van der Waals surface area contributed by atoms with E-state index in [2.05, 4.69) is 5.32 Å². The average Bonchev–Trinajstić information content (AvgIpc) is 2.98. The number of hydrogen-bond acceptors (Lipinski definition) is 4. The van der Waals surface area contributed by atoms with E-state index in [9.17, 15) is 9.59 Å². The molecule has 114 valence electrons. The number of furan rings is 1. The Balaban J connectivity index is 2.13. The van der Waals surface area contributed by atoms with Crippen molar-refractivity contribution < 1.29 is 18.7 Å². The Bertz CT molecular complexity index is 707. The van der Waals surface area contributed by atoms with E-state index in [-0.39, 0.29) is 5.91 Å². The summed E-state index contributed by atoms with van der Waals surface area (Å²) >= 11 is 0. The van der Waals surface area contributed by atoms with Crippen molar-refractivity contribution in [1.29, 1.82) is 0 Å². The summed E-state index contributed by atoms with van der Waals surface area (Å²) in [5.74, 6) is -0.917. The predicted octanol–water partition coefficient (Wildman–Crippen LogP) is 2.47. The molecule has 0 spiro atoms. The molecular weight excluding hydrogens is 282 g/mol. The van der Waals surface area contributed by atoms with Gasteiger partial charge in [-0.3, -0.25) is 9.59 Å². The Hall–Kier alpha value is -2.56. The predicted molar refractivity (Wildman–Crippen MR) is 79.8 cm³/mol. The Labute approximate surface area is 128 Å². The maximum absolute atomic E-state index is 11.9. The minimum absolute atomic E-state index is 0.106. The number of amides is 1. The molecule has 0 radical (unpaired) electrons. The lowest BCUT2D eigenvalue weighted by Crippen LogP contribution is -2.59. The van der Waals surface area contributed by atoms with Crippen LogP contribution in [0.3, 0.4) is 0 Å². The van der Waals surface area contributed by atoms with Gasteiger partial charge in [-0.05, 0) is 18.6 Å². The zero-order valence-corrected chi connectivity index (χ0v) is 12.5. The minimum Gasteiger partial charge on any atom is -0.472 e. The van der Waals surface area contributed by atoms with Crippen molar-refractivity contribution in [3.8, 4) is 11.1 Å². The number of carbonyl (C=O) groups excluding carboxylic acids is 2. The van der Waals surface area contributed by atoms with E-state index in [0.29, 0.717) is 6.54 Å². The first-order valence-corrected chi connectivity index (χ1v) is 7.12. The van der Waals surface area contributed by atoms with E-state index in [1.807, 2.05) is 30.3 Å². The fourth-order valence-corrected chi connectivity index (χ4v) is 2.93. The lowest BCUT2D eigenvalue weighted by atomic mass is 9.76. The van der Waals surface area contributed by atoms with Gasteiger partial charge in [-0.1, -0.05) is 24.3 Å². The van der Waals surface area contributed by atoms with Gasteiger partial charge in [0.2, 0.25) is 5.91 Å². The highest BCUT2D eigenvalue weighted by molar-refractivity contribution is 5.87. The van der Waals surface area contributed by atoms with E-state index in [0.717, 1.165) is 16.7 Å². The van der Waals surface area contributed by atoms with Crippen LogP contribution in [0.1, 0.15) is 19.4 Å². The van der Waals surface area contributed by atoms with Crippen LogP contribution in [0.25, 0.3) is 11.1 Å². The first-order valence-electron chi connectivity index (χ1n) is 7.12. The van der Waals surface area contributed by atoms with Gasteiger partial charge in [-0.25, -0.2) is 0 Å². The van der Waals surface area contributed by atoms with E-state index in [1.54, 1.807) is 19.5 Å². The van der Waals surface area contributed by atoms with Crippen LogP contribution in [0.2, 0.25) is 0 Å². The fourth-order valence-electron chi connectivity index (χ4n) is 2.93. The van der Waals surface area contributed by atoms with Crippen LogP contribution in [0.5, 0.6) is 0 Å². The molecule has 1 aliphatic rings. The number of β-lactam (4-membered cyclic amide) rings is 1. The fraction of sp³-hybridized carbons (Fsp3) is 0.294. The normalized spacial score (nSPS) is 19.7. The van der Waals surface area contributed by atoms with Gasteiger partial charge < -0.3 is 14.5 Å². The number of benzene rings is 1. The van der Waals surface area contributed by atoms with Gasteiger partial charge in [0.1, 0.15) is 5.60 Å². The highest BCUT2D eigenvalue weighted by atomic mass is 16.6. The van der Waals surface area contributed by atoms with Crippen LogP contribution in [-0.2, 0) is 19.9 Å². The molecule has 1 fully saturated rings. The second-order valence-electron chi connectivity index (χ2n) is 5.56. The third-order valence-corrected chi connectivity index (χ3v) is 4.11. The molecule has 2 aromatic rings. The summed E-state index contributed by atoms with van der Waals surface area (Å²) in [6.45, 7) is 3.63. The molecule has 1 aliphatic heterocycles. The lowest BCUT2D eigenvalue weighted by Gasteiger charge is -2.42. The molecular formula is C17H17NO4. The summed E-state index contributed by atoms with van der Waals surface area (Å²) in [7, 11) is 0. The van der Waals surface area contributed by atoms with Crippen molar-refractivity contribution in [3.05, 3.63) is 48.4 Å². The third-order valence-electron chi connectivity index (χ3n) is 4.11. The standard InChI is InChI=1S/C17H17NO4/c1-11(19)22-17(2,15-9-18-16(15)20)14-6-4-3-5-13(14)12-7-8-21-10-12/h3-8,10,15H,9H2,1-2H3,(H,18,20)/t15-,17-/m1/s1. The highest BCUT2D eigenvalue weighted by Gasteiger charge is 2.49. The molecule has 1 N–H and O–H groups in total. The Morgan fingerprint density at radius 2 is 2.14 bits per heavy atom. The van der Waals surface area contributed by atoms with Crippen molar-refractivity contribution in [2.75, 3.05) is 6.54 Å². The zero-order chi connectivity index (χ0) is 15.7. The number of hydrogen-bond donors (Lipinski definition) is 1. The summed E-state index contributed by atoms with van der Waals surface area (Å²) in [6, 6.07) is 9.43.